The summed E-state index contributed by atoms with van der Waals surface area (Å²) in [7, 11) is 3.79. The molecule has 2 N–H and O–H groups in total. The van der Waals surface area contributed by atoms with Gasteiger partial charge in [-0.2, -0.15) is 0 Å². The first kappa shape index (κ1) is 22.0. The lowest BCUT2D eigenvalue weighted by Gasteiger charge is -2.22. The van der Waals surface area contributed by atoms with Crippen molar-refractivity contribution >= 4 is 17.9 Å². The molecule has 1 heterocycles. The van der Waals surface area contributed by atoms with E-state index in [1.807, 2.05) is 20.0 Å². The number of nitrogens with zero attached hydrogens (tertiary/aromatic N) is 3. The van der Waals surface area contributed by atoms with Crippen LogP contribution in [0.2, 0.25) is 0 Å². The van der Waals surface area contributed by atoms with Gasteiger partial charge in [-0.25, -0.2) is 4.79 Å². The standard InChI is InChI=1S/C19H35N5O2/c1-6-8-9-10-11-14-23(5)17(20-4)21-13-12-15-24-16(25)19(3,7-2)22-18(24)26/h6H,1,7-15H2,2-5H3,(H,20,21)(H,22,26). The number of unbranched alkanes of at least 4 members (excludes halogenated alkanes) is 3. The maximum Gasteiger partial charge on any atom is 0.325 e. The number of hydrogen-bond acceptors (Lipinski definition) is 3. The lowest BCUT2D eigenvalue weighted by molar-refractivity contribution is -0.130. The summed E-state index contributed by atoms with van der Waals surface area (Å²) < 4.78 is 0. The number of carbonyl (C=O) groups excluding carboxylic acids is 2. The molecule has 0 bridgehead atoms. The van der Waals surface area contributed by atoms with Crippen LogP contribution in [0.4, 0.5) is 4.79 Å². The number of allylic oxidation sites excluding steroid dienone is 1. The van der Waals surface area contributed by atoms with Gasteiger partial charge in [0.2, 0.25) is 0 Å². The van der Waals surface area contributed by atoms with Crippen molar-refractivity contribution in [1.29, 1.82) is 0 Å². The van der Waals surface area contributed by atoms with Gasteiger partial charge in [-0.15, -0.1) is 6.58 Å². The Hall–Kier alpha value is -2.05. The van der Waals surface area contributed by atoms with Gasteiger partial charge in [0.15, 0.2) is 5.96 Å². The van der Waals surface area contributed by atoms with E-state index in [-0.39, 0.29) is 11.9 Å². The van der Waals surface area contributed by atoms with Crippen molar-refractivity contribution in [2.24, 2.45) is 4.99 Å². The second kappa shape index (κ2) is 10.8. The topological polar surface area (TPSA) is 77.0 Å². The Morgan fingerprint density at radius 2 is 2.08 bits per heavy atom. The van der Waals surface area contributed by atoms with Gasteiger partial charge in [-0.3, -0.25) is 14.7 Å². The lowest BCUT2D eigenvalue weighted by atomic mass is 9.99. The van der Waals surface area contributed by atoms with Crippen LogP contribution in [0.3, 0.4) is 0 Å². The second-order valence-electron chi connectivity index (χ2n) is 6.96. The minimum absolute atomic E-state index is 0.133. The van der Waals surface area contributed by atoms with E-state index in [0.29, 0.717) is 25.9 Å². The molecule has 3 amide bonds. The molecule has 7 heteroatoms. The number of hydrogen-bond donors (Lipinski definition) is 2. The molecule has 1 aliphatic rings. The first-order valence-electron chi connectivity index (χ1n) is 9.56. The highest BCUT2D eigenvalue weighted by atomic mass is 16.2. The van der Waals surface area contributed by atoms with Crippen molar-refractivity contribution < 1.29 is 9.59 Å². The van der Waals surface area contributed by atoms with E-state index in [2.05, 4.69) is 27.1 Å². The van der Waals surface area contributed by atoms with Crippen LogP contribution in [0.5, 0.6) is 0 Å². The van der Waals surface area contributed by atoms with E-state index in [1.165, 1.54) is 17.7 Å². The molecule has 0 aliphatic carbocycles. The van der Waals surface area contributed by atoms with Gasteiger partial charge in [0.1, 0.15) is 5.54 Å². The van der Waals surface area contributed by atoms with Gasteiger partial charge in [0.25, 0.3) is 5.91 Å². The molecular weight excluding hydrogens is 330 g/mol. The predicted molar refractivity (Wildman–Crippen MR) is 106 cm³/mol. The number of rotatable bonds is 11. The van der Waals surface area contributed by atoms with Crippen molar-refractivity contribution in [3.8, 4) is 0 Å². The van der Waals surface area contributed by atoms with Gasteiger partial charge >= 0.3 is 6.03 Å². The number of aliphatic imine (C=N–C) groups is 1. The maximum atomic E-state index is 12.3. The minimum atomic E-state index is -0.758. The fraction of sp³-hybridized carbons (Fsp3) is 0.737. The Balaban J connectivity index is 2.31. The molecule has 1 fully saturated rings. The molecule has 1 aliphatic heterocycles. The van der Waals surface area contributed by atoms with E-state index in [4.69, 9.17) is 0 Å². The molecule has 1 unspecified atom stereocenters. The SMILES string of the molecule is C=CCCCCCN(C)C(=NC)NCCCN1C(=O)NC(C)(CC)C1=O. The normalized spacial score (nSPS) is 20.3. The van der Waals surface area contributed by atoms with Crippen LogP contribution in [-0.2, 0) is 4.79 Å². The zero-order chi connectivity index (χ0) is 19.6. The number of guanidine groups is 1. The van der Waals surface area contributed by atoms with Crippen molar-refractivity contribution in [3.05, 3.63) is 12.7 Å². The van der Waals surface area contributed by atoms with E-state index in [1.54, 1.807) is 14.0 Å². The molecular formula is C19H35N5O2. The zero-order valence-electron chi connectivity index (χ0n) is 16.8. The van der Waals surface area contributed by atoms with Crippen LogP contribution in [-0.4, -0.2) is 67.0 Å². The highest BCUT2D eigenvalue weighted by molar-refractivity contribution is 6.06. The van der Waals surface area contributed by atoms with E-state index in [9.17, 15) is 9.59 Å². The van der Waals surface area contributed by atoms with Gasteiger partial charge in [-0.05, 0) is 39.0 Å². The molecule has 1 atom stereocenters. The van der Waals surface area contributed by atoms with Crippen molar-refractivity contribution in [3.63, 3.8) is 0 Å². The number of carbonyl (C=O) groups is 2. The molecule has 0 radical (unpaired) electrons. The summed E-state index contributed by atoms with van der Waals surface area (Å²) in [4.78, 5) is 32.0. The van der Waals surface area contributed by atoms with Crippen LogP contribution in [0.15, 0.2) is 17.6 Å². The number of amides is 3. The zero-order valence-corrected chi connectivity index (χ0v) is 16.8. The Labute approximate surface area is 157 Å². The van der Waals surface area contributed by atoms with E-state index < -0.39 is 5.54 Å². The largest absolute Gasteiger partial charge is 0.356 e. The molecule has 7 nitrogen and oxygen atoms in total. The number of imide groups is 1. The number of nitrogens with one attached hydrogen (secondary N) is 2. The molecule has 0 aromatic rings. The highest BCUT2D eigenvalue weighted by Crippen LogP contribution is 2.20. The van der Waals surface area contributed by atoms with Gasteiger partial charge in [-0.1, -0.05) is 19.4 Å². The third-order valence-corrected chi connectivity index (χ3v) is 4.87. The van der Waals surface area contributed by atoms with Crippen LogP contribution >= 0.6 is 0 Å². The van der Waals surface area contributed by atoms with Gasteiger partial charge < -0.3 is 15.5 Å². The Bertz CT molecular complexity index is 520. The monoisotopic (exact) mass is 365 g/mol. The lowest BCUT2D eigenvalue weighted by Crippen LogP contribution is -2.43. The molecule has 0 saturated carbocycles. The van der Waals surface area contributed by atoms with Crippen LogP contribution in [0, 0.1) is 0 Å². The predicted octanol–water partition coefficient (Wildman–Crippen LogP) is 2.35. The third kappa shape index (κ3) is 6.04. The molecule has 0 spiro atoms. The van der Waals surface area contributed by atoms with Crippen molar-refractivity contribution in [2.75, 3.05) is 33.7 Å². The Morgan fingerprint density at radius 1 is 1.35 bits per heavy atom. The average molecular weight is 366 g/mol. The summed E-state index contributed by atoms with van der Waals surface area (Å²) in [5, 5.41) is 6.08. The smallest absolute Gasteiger partial charge is 0.325 e. The van der Waals surface area contributed by atoms with Crippen LogP contribution < -0.4 is 10.6 Å². The summed E-state index contributed by atoms with van der Waals surface area (Å²) in [5.41, 5.74) is -0.758. The first-order valence-corrected chi connectivity index (χ1v) is 9.56. The fourth-order valence-corrected chi connectivity index (χ4v) is 2.93. The summed E-state index contributed by atoms with van der Waals surface area (Å²) >= 11 is 0. The fourth-order valence-electron chi connectivity index (χ4n) is 2.93. The van der Waals surface area contributed by atoms with Gasteiger partial charge in [0.05, 0.1) is 0 Å². The Morgan fingerprint density at radius 3 is 2.65 bits per heavy atom. The second-order valence-corrected chi connectivity index (χ2v) is 6.96. The molecule has 148 valence electrons. The van der Waals surface area contributed by atoms with Crippen molar-refractivity contribution in [1.82, 2.24) is 20.4 Å². The summed E-state index contributed by atoms with van der Waals surface area (Å²) in [5.74, 6) is 0.704. The Kier molecular flexibility index (Phi) is 9.16. The molecule has 0 aromatic heterocycles. The quantitative estimate of drug-likeness (QED) is 0.194. The molecule has 1 rings (SSSR count). The molecule has 26 heavy (non-hydrogen) atoms. The summed E-state index contributed by atoms with van der Waals surface area (Å²) in [6.07, 6.45) is 7.77. The molecule has 1 saturated heterocycles. The van der Waals surface area contributed by atoms with Crippen LogP contribution in [0.25, 0.3) is 0 Å². The summed E-state index contributed by atoms with van der Waals surface area (Å²) in [6.45, 7) is 9.43. The number of urea groups is 1. The van der Waals surface area contributed by atoms with Crippen molar-refractivity contribution in [2.45, 2.75) is 57.9 Å². The van der Waals surface area contributed by atoms with Gasteiger partial charge in [0, 0.05) is 33.7 Å². The average Bonchev–Trinajstić information content (AvgIpc) is 2.84. The van der Waals surface area contributed by atoms with Crippen LogP contribution in [0.1, 0.15) is 52.4 Å². The highest BCUT2D eigenvalue weighted by Gasteiger charge is 2.45. The molecule has 0 aromatic carbocycles. The van der Waals surface area contributed by atoms with E-state index >= 15 is 0 Å². The van der Waals surface area contributed by atoms with E-state index in [0.717, 1.165) is 25.3 Å². The maximum absolute atomic E-state index is 12.3. The summed E-state index contributed by atoms with van der Waals surface area (Å²) in [6, 6.07) is -0.291. The first-order chi connectivity index (χ1) is 12.4. The third-order valence-electron chi connectivity index (χ3n) is 4.87. The minimum Gasteiger partial charge on any atom is -0.356 e.